The summed E-state index contributed by atoms with van der Waals surface area (Å²) < 4.78 is 14.6. The fourth-order valence-corrected chi connectivity index (χ4v) is 1.42. The molecule has 6 nitrogen and oxygen atoms in total. The molecule has 0 aliphatic heterocycles. The van der Waals surface area contributed by atoms with Gasteiger partial charge < -0.3 is 15.6 Å². The predicted molar refractivity (Wildman–Crippen MR) is 63.4 cm³/mol. The molecule has 0 atom stereocenters. The van der Waals surface area contributed by atoms with Crippen molar-refractivity contribution >= 4 is 11.6 Å². The van der Waals surface area contributed by atoms with Gasteiger partial charge in [-0.1, -0.05) is 0 Å². The van der Waals surface area contributed by atoms with Crippen LogP contribution in [0.1, 0.15) is 10.5 Å². The van der Waals surface area contributed by atoms with E-state index in [2.05, 4.69) is 15.3 Å². The number of anilines is 1. The fraction of sp³-hybridized carbons (Fsp3) is 0.182. The number of hydrogen-bond acceptors (Lipinski definition) is 4. The molecule has 0 unspecified atom stereocenters. The third-order valence-corrected chi connectivity index (χ3v) is 2.22. The Morgan fingerprint density at radius 2 is 2.33 bits per heavy atom. The van der Waals surface area contributed by atoms with Crippen molar-refractivity contribution in [1.29, 1.82) is 0 Å². The minimum atomic E-state index is -0.513. The van der Waals surface area contributed by atoms with Crippen LogP contribution in [0.5, 0.6) is 0 Å². The van der Waals surface area contributed by atoms with Gasteiger partial charge in [-0.05, 0) is 0 Å². The highest BCUT2D eigenvalue weighted by atomic mass is 19.1. The molecule has 2 aromatic rings. The van der Waals surface area contributed by atoms with E-state index in [4.69, 9.17) is 5.73 Å². The molecule has 94 valence electrons. The molecule has 0 radical (unpaired) electrons. The van der Waals surface area contributed by atoms with Crippen molar-refractivity contribution in [2.75, 3.05) is 11.9 Å². The molecule has 2 heterocycles. The van der Waals surface area contributed by atoms with Crippen LogP contribution in [0.25, 0.3) is 0 Å². The van der Waals surface area contributed by atoms with E-state index in [1.54, 1.807) is 10.8 Å². The van der Waals surface area contributed by atoms with Crippen molar-refractivity contribution in [3.8, 4) is 0 Å². The Morgan fingerprint density at radius 3 is 3.06 bits per heavy atom. The number of nitrogens with two attached hydrogens (primary N) is 1. The number of nitrogens with zero attached hydrogens (tertiary/aromatic N) is 3. The zero-order valence-corrected chi connectivity index (χ0v) is 9.51. The summed E-state index contributed by atoms with van der Waals surface area (Å²) in [5, 5.41) is 2.51. The van der Waals surface area contributed by atoms with Crippen LogP contribution in [-0.4, -0.2) is 27.0 Å². The number of pyridine rings is 1. The molecule has 2 rings (SSSR count). The topological polar surface area (TPSA) is 85.8 Å². The van der Waals surface area contributed by atoms with Crippen molar-refractivity contribution in [2.24, 2.45) is 5.73 Å². The first-order valence-corrected chi connectivity index (χ1v) is 5.33. The Bertz CT molecular complexity index is 554. The molecular formula is C11H12FN5O. The van der Waals surface area contributed by atoms with Crippen LogP contribution in [0, 0.1) is 5.82 Å². The number of carbonyl (C=O) groups excluding carboxylic acids is 1. The standard InChI is InChI=1S/C11H12FN5O/c12-8-3-9(5-14-4-8)16-11(18)10-6-17(2-1-13)7-15-10/h3-7H,1-2,13H2,(H,16,18). The lowest BCUT2D eigenvalue weighted by molar-refractivity contribution is 0.102. The van der Waals surface area contributed by atoms with Crippen LogP contribution < -0.4 is 11.1 Å². The lowest BCUT2D eigenvalue weighted by Gasteiger charge is -2.02. The maximum Gasteiger partial charge on any atom is 0.275 e. The second-order valence-electron chi connectivity index (χ2n) is 3.63. The second-order valence-corrected chi connectivity index (χ2v) is 3.63. The quantitative estimate of drug-likeness (QED) is 0.832. The summed E-state index contributed by atoms with van der Waals surface area (Å²) in [7, 11) is 0. The molecule has 7 heteroatoms. The van der Waals surface area contributed by atoms with Gasteiger partial charge >= 0.3 is 0 Å². The van der Waals surface area contributed by atoms with Gasteiger partial charge in [0.1, 0.15) is 11.5 Å². The number of rotatable bonds is 4. The Morgan fingerprint density at radius 1 is 1.50 bits per heavy atom. The molecule has 0 saturated heterocycles. The molecule has 0 aliphatic rings. The van der Waals surface area contributed by atoms with E-state index in [1.165, 1.54) is 18.6 Å². The van der Waals surface area contributed by atoms with Gasteiger partial charge in [-0.3, -0.25) is 9.78 Å². The first kappa shape index (κ1) is 12.2. The van der Waals surface area contributed by atoms with Gasteiger partial charge in [-0.15, -0.1) is 0 Å². The van der Waals surface area contributed by atoms with Gasteiger partial charge in [-0.25, -0.2) is 9.37 Å². The van der Waals surface area contributed by atoms with E-state index < -0.39 is 11.7 Å². The van der Waals surface area contributed by atoms with Gasteiger partial charge in [0.2, 0.25) is 0 Å². The maximum absolute atomic E-state index is 12.9. The molecule has 1 amide bonds. The molecule has 0 aromatic carbocycles. The van der Waals surface area contributed by atoms with E-state index in [1.807, 2.05) is 0 Å². The summed E-state index contributed by atoms with van der Waals surface area (Å²) in [4.78, 5) is 19.3. The highest BCUT2D eigenvalue weighted by Gasteiger charge is 2.10. The average Bonchev–Trinajstić information content (AvgIpc) is 2.78. The zero-order chi connectivity index (χ0) is 13.0. The fourth-order valence-electron chi connectivity index (χ4n) is 1.42. The summed E-state index contributed by atoms with van der Waals surface area (Å²) in [5.41, 5.74) is 5.92. The number of aromatic nitrogens is 3. The molecule has 2 aromatic heterocycles. The van der Waals surface area contributed by atoms with Crippen LogP contribution in [0.2, 0.25) is 0 Å². The van der Waals surface area contributed by atoms with Gasteiger partial charge in [-0.2, -0.15) is 0 Å². The van der Waals surface area contributed by atoms with Crippen molar-refractivity contribution in [3.05, 3.63) is 42.5 Å². The van der Waals surface area contributed by atoms with Gasteiger partial charge in [0.05, 0.1) is 24.4 Å². The summed E-state index contributed by atoms with van der Waals surface area (Å²) >= 11 is 0. The third kappa shape index (κ3) is 2.89. The van der Waals surface area contributed by atoms with Crippen LogP contribution >= 0.6 is 0 Å². The predicted octanol–water partition coefficient (Wildman–Crippen LogP) is 0.628. The molecule has 18 heavy (non-hydrogen) atoms. The van der Waals surface area contributed by atoms with Gasteiger partial charge in [0.15, 0.2) is 0 Å². The first-order valence-electron chi connectivity index (χ1n) is 5.33. The van der Waals surface area contributed by atoms with E-state index in [9.17, 15) is 9.18 Å². The number of carbonyl (C=O) groups is 1. The van der Waals surface area contributed by atoms with Crippen molar-refractivity contribution < 1.29 is 9.18 Å². The largest absolute Gasteiger partial charge is 0.335 e. The molecule has 0 aliphatic carbocycles. The average molecular weight is 249 g/mol. The summed E-state index contributed by atoms with van der Waals surface area (Å²) in [6.07, 6.45) is 5.52. The van der Waals surface area contributed by atoms with Crippen molar-refractivity contribution in [3.63, 3.8) is 0 Å². The Hall–Kier alpha value is -2.28. The van der Waals surface area contributed by atoms with E-state index in [0.717, 1.165) is 6.20 Å². The second kappa shape index (κ2) is 5.37. The number of amides is 1. The monoisotopic (exact) mass is 249 g/mol. The molecule has 0 spiro atoms. The first-order chi connectivity index (χ1) is 8.69. The van der Waals surface area contributed by atoms with Crippen LogP contribution in [0.4, 0.5) is 10.1 Å². The Kier molecular flexibility index (Phi) is 3.63. The zero-order valence-electron chi connectivity index (χ0n) is 9.51. The summed E-state index contributed by atoms with van der Waals surface area (Å²) in [6, 6.07) is 1.18. The van der Waals surface area contributed by atoms with E-state index in [0.29, 0.717) is 13.1 Å². The SMILES string of the molecule is NCCn1cnc(C(=O)Nc2cncc(F)c2)c1. The van der Waals surface area contributed by atoms with Crippen LogP contribution in [-0.2, 0) is 6.54 Å². The number of nitrogens with one attached hydrogen (secondary N) is 1. The van der Waals surface area contributed by atoms with Crippen LogP contribution in [0.15, 0.2) is 31.0 Å². The van der Waals surface area contributed by atoms with Crippen LogP contribution in [0.3, 0.4) is 0 Å². The number of halogens is 1. The molecule has 0 fully saturated rings. The Balaban J connectivity index is 2.07. The minimum absolute atomic E-state index is 0.243. The maximum atomic E-state index is 12.9. The third-order valence-electron chi connectivity index (χ3n) is 2.22. The lowest BCUT2D eigenvalue weighted by Crippen LogP contribution is -2.13. The van der Waals surface area contributed by atoms with Crippen molar-refractivity contribution in [1.82, 2.24) is 14.5 Å². The normalized spacial score (nSPS) is 10.3. The molecular weight excluding hydrogens is 237 g/mol. The highest BCUT2D eigenvalue weighted by Crippen LogP contribution is 2.08. The Labute approximate surface area is 103 Å². The van der Waals surface area contributed by atoms with E-state index >= 15 is 0 Å². The summed E-state index contributed by atoms with van der Waals surface area (Å²) in [6.45, 7) is 1.05. The molecule has 3 N–H and O–H groups in total. The smallest absolute Gasteiger partial charge is 0.275 e. The van der Waals surface area contributed by atoms with Gasteiger partial charge in [0.25, 0.3) is 5.91 Å². The number of hydrogen-bond donors (Lipinski definition) is 2. The van der Waals surface area contributed by atoms with Crippen molar-refractivity contribution in [2.45, 2.75) is 6.54 Å². The van der Waals surface area contributed by atoms with E-state index in [-0.39, 0.29) is 11.4 Å². The lowest BCUT2D eigenvalue weighted by atomic mass is 10.3. The highest BCUT2D eigenvalue weighted by molar-refractivity contribution is 6.02. The summed E-state index contributed by atoms with van der Waals surface area (Å²) in [5.74, 6) is -0.931. The number of imidazole rings is 1. The van der Waals surface area contributed by atoms with Gasteiger partial charge in [0, 0.05) is 25.4 Å². The minimum Gasteiger partial charge on any atom is -0.335 e. The molecule has 0 bridgehead atoms. The molecule has 0 saturated carbocycles.